The third kappa shape index (κ3) is 4.04. The molecule has 108 valence electrons. The van der Waals surface area contributed by atoms with Crippen molar-refractivity contribution in [3.8, 4) is 6.07 Å². The van der Waals surface area contributed by atoms with Crippen molar-refractivity contribution in [3.63, 3.8) is 0 Å². The molecule has 0 atom stereocenters. The van der Waals surface area contributed by atoms with Crippen LogP contribution in [0.15, 0.2) is 18.2 Å². The van der Waals surface area contributed by atoms with Gasteiger partial charge in [0.1, 0.15) is 0 Å². The molecule has 20 heavy (non-hydrogen) atoms. The molecule has 0 aliphatic heterocycles. The zero-order chi connectivity index (χ0) is 14.6. The van der Waals surface area contributed by atoms with E-state index in [0.29, 0.717) is 25.6 Å². The molecule has 0 bridgehead atoms. The Balaban J connectivity index is 1.92. The van der Waals surface area contributed by atoms with E-state index in [2.05, 4.69) is 32.0 Å². The Labute approximate surface area is 134 Å². The number of hydrogen-bond acceptors (Lipinski definition) is 2. The van der Waals surface area contributed by atoms with E-state index >= 15 is 0 Å². The Bertz CT molecular complexity index is 500. The van der Waals surface area contributed by atoms with Crippen LogP contribution in [0.25, 0.3) is 0 Å². The summed E-state index contributed by atoms with van der Waals surface area (Å²) in [4.78, 5) is 0. The Hall–Kier alpha value is -0.421. The van der Waals surface area contributed by atoms with Crippen LogP contribution in [0.5, 0.6) is 0 Å². The number of thiol groups is 1. The zero-order valence-electron chi connectivity index (χ0n) is 12.4. The second-order valence-electron chi connectivity index (χ2n) is 6.06. The summed E-state index contributed by atoms with van der Waals surface area (Å²) in [6, 6.07) is 8.43. The summed E-state index contributed by atoms with van der Waals surface area (Å²) in [7, 11) is 0. The van der Waals surface area contributed by atoms with E-state index in [1.165, 1.54) is 41.0 Å². The topological polar surface area (TPSA) is 23.8 Å². The summed E-state index contributed by atoms with van der Waals surface area (Å²) in [5.74, 6) is 0.535. The fourth-order valence-electron chi connectivity index (χ4n) is 2.63. The van der Waals surface area contributed by atoms with E-state index in [0.717, 1.165) is 12.0 Å². The monoisotopic (exact) mass is 353 g/mol. The van der Waals surface area contributed by atoms with Gasteiger partial charge in [0.2, 0.25) is 0 Å². The first-order valence-corrected chi connectivity index (χ1v) is 10.2. The minimum absolute atomic E-state index is 0.370. The fraction of sp³-hybridized carbons (Fsp3) is 0.588. The van der Waals surface area contributed by atoms with Crippen LogP contribution in [0.2, 0.25) is 10.6 Å². The molecule has 0 saturated heterocycles. The Morgan fingerprint density at radius 1 is 1.40 bits per heavy atom. The second-order valence-corrected chi connectivity index (χ2v) is 9.33. The van der Waals surface area contributed by atoms with E-state index in [9.17, 15) is 0 Å². The number of aryl methyl sites for hydroxylation is 1. The molecule has 0 heterocycles. The normalized spacial score (nSPS) is 16.8. The summed E-state index contributed by atoms with van der Waals surface area (Å²) >= 11 is 5.47. The van der Waals surface area contributed by atoms with Crippen molar-refractivity contribution >= 4 is 27.6 Å². The van der Waals surface area contributed by atoms with Crippen LogP contribution >= 0.6 is 12.6 Å². The average molecular weight is 352 g/mol. The summed E-state index contributed by atoms with van der Waals surface area (Å²) in [5, 5.41) is 11.6. The minimum atomic E-state index is 0.370. The molecule has 1 aromatic rings. The van der Waals surface area contributed by atoms with E-state index in [1.54, 1.807) is 0 Å². The summed E-state index contributed by atoms with van der Waals surface area (Å²) in [5.41, 5.74) is 3.58. The van der Waals surface area contributed by atoms with Gasteiger partial charge in [0, 0.05) is 0 Å². The van der Waals surface area contributed by atoms with Crippen molar-refractivity contribution in [2.45, 2.75) is 60.8 Å². The van der Waals surface area contributed by atoms with Gasteiger partial charge in [-0.1, -0.05) is 0 Å². The van der Waals surface area contributed by atoms with Gasteiger partial charge in [-0.2, -0.15) is 0 Å². The van der Waals surface area contributed by atoms with Gasteiger partial charge in [0.25, 0.3) is 0 Å². The fourth-order valence-corrected chi connectivity index (χ4v) is 5.89. The Kier molecular flexibility index (Phi) is 5.61. The third-order valence-corrected chi connectivity index (χ3v) is 7.77. The molecule has 0 N–H and O–H groups in total. The molecule has 1 nitrogen and oxygen atoms in total. The number of nitriles is 1. The number of benzene rings is 1. The molecule has 1 saturated carbocycles. The van der Waals surface area contributed by atoms with Crippen LogP contribution in [-0.2, 0) is 6.42 Å². The van der Waals surface area contributed by atoms with Gasteiger partial charge in [0.05, 0.1) is 0 Å². The molecule has 1 aliphatic carbocycles. The van der Waals surface area contributed by atoms with Crippen LogP contribution in [0.1, 0.15) is 55.7 Å². The molecule has 1 aliphatic rings. The van der Waals surface area contributed by atoms with Crippen molar-refractivity contribution in [2.75, 3.05) is 0 Å². The molecular formula is C17H23NSSe. The maximum atomic E-state index is 9.05. The maximum absolute atomic E-state index is 9.05. The Morgan fingerprint density at radius 2 is 2.15 bits per heavy atom. The van der Waals surface area contributed by atoms with Crippen molar-refractivity contribution in [1.29, 1.82) is 5.26 Å². The molecular weight excluding hydrogens is 329 g/mol. The summed E-state index contributed by atoms with van der Waals surface area (Å²) in [6.45, 7) is 4.46. The van der Waals surface area contributed by atoms with Gasteiger partial charge < -0.3 is 0 Å². The molecule has 1 fully saturated rings. The van der Waals surface area contributed by atoms with E-state index in [1.807, 2.05) is 6.07 Å². The molecule has 0 radical (unpaired) electrons. The van der Waals surface area contributed by atoms with Crippen molar-refractivity contribution in [2.24, 2.45) is 0 Å². The first kappa shape index (κ1) is 16.0. The number of nitrogens with zero attached hydrogens (tertiary/aromatic N) is 1. The van der Waals surface area contributed by atoms with Crippen LogP contribution in [-0.4, -0.2) is 19.7 Å². The van der Waals surface area contributed by atoms with Crippen LogP contribution in [0.4, 0.5) is 0 Å². The first-order valence-electron chi connectivity index (χ1n) is 7.37. The van der Waals surface area contributed by atoms with Gasteiger partial charge >= 0.3 is 135 Å². The van der Waals surface area contributed by atoms with E-state index in [4.69, 9.17) is 17.9 Å². The zero-order valence-corrected chi connectivity index (χ0v) is 15.0. The molecule has 0 aromatic heterocycles. The van der Waals surface area contributed by atoms with Crippen LogP contribution in [0, 0.1) is 11.3 Å². The van der Waals surface area contributed by atoms with Crippen LogP contribution in [0.3, 0.4) is 0 Å². The first-order chi connectivity index (χ1) is 9.54. The van der Waals surface area contributed by atoms with Gasteiger partial charge in [-0.3, -0.25) is 0 Å². The third-order valence-electron chi connectivity index (χ3n) is 4.06. The second kappa shape index (κ2) is 7.03. The molecule has 0 amide bonds. The van der Waals surface area contributed by atoms with Gasteiger partial charge in [-0.05, 0) is 0 Å². The number of rotatable bonds is 6. The molecule has 0 spiro atoms. The molecule has 3 heteroatoms. The number of hydrogen-bond donors (Lipinski definition) is 1. The van der Waals surface area contributed by atoms with Crippen molar-refractivity contribution < 1.29 is 0 Å². The van der Waals surface area contributed by atoms with Crippen LogP contribution < -0.4 is 0 Å². The SMILES string of the molecule is CC(C)c1ccc(C#N)cc1CC[Se]CC1(S)CCC1. The van der Waals surface area contributed by atoms with Gasteiger partial charge in [-0.15, -0.1) is 0 Å². The Morgan fingerprint density at radius 3 is 2.70 bits per heavy atom. The van der Waals surface area contributed by atoms with Crippen molar-refractivity contribution in [3.05, 3.63) is 34.9 Å². The quantitative estimate of drug-likeness (QED) is 0.451. The average Bonchev–Trinajstić information content (AvgIpc) is 2.41. The summed E-state index contributed by atoms with van der Waals surface area (Å²) in [6.07, 6.45) is 5.09. The predicted molar refractivity (Wildman–Crippen MR) is 89.9 cm³/mol. The molecule has 2 rings (SSSR count). The van der Waals surface area contributed by atoms with E-state index < -0.39 is 0 Å². The van der Waals surface area contributed by atoms with Gasteiger partial charge in [0.15, 0.2) is 0 Å². The van der Waals surface area contributed by atoms with Crippen molar-refractivity contribution in [1.82, 2.24) is 0 Å². The molecule has 0 unspecified atom stereocenters. The van der Waals surface area contributed by atoms with E-state index in [-0.39, 0.29) is 0 Å². The predicted octanol–water partition coefficient (Wildman–Crippen LogP) is 4.62. The standard InChI is InChI=1S/C17H23NSSe/c1-13(2)16-5-4-14(11-18)10-15(16)6-9-20-12-17(19)7-3-8-17/h4-5,10,13,19H,3,6-9,12H2,1-2H3. The molecule has 1 aromatic carbocycles. The summed E-state index contributed by atoms with van der Waals surface area (Å²) < 4.78 is 0.370. The van der Waals surface area contributed by atoms with Gasteiger partial charge in [-0.25, -0.2) is 0 Å².